The molecule has 0 N–H and O–H groups in total. The van der Waals surface area contributed by atoms with E-state index in [1.54, 1.807) is 16.7 Å². The lowest BCUT2D eigenvalue weighted by Crippen LogP contribution is -2.27. The molecule has 0 atom stereocenters. The first-order chi connectivity index (χ1) is 16.9. The van der Waals surface area contributed by atoms with Crippen molar-refractivity contribution in [3.63, 3.8) is 0 Å². The molecule has 0 unspecified atom stereocenters. The van der Waals surface area contributed by atoms with E-state index in [9.17, 15) is 4.79 Å². The Morgan fingerprint density at radius 3 is 2.69 bits per heavy atom. The van der Waals surface area contributed by atoms with Crippen LogP contribution in [-0.4, -0.2) is 23.1 Å². The third-order valence-corrected chi connectivity index (χ3v) is 8.26. The van der Waals surface area contributed by atoms with E-state index in [-0.39, 0.29) is 5.91 Å². The minimum Gasteiger partial charge on any atom is -0.490 e. The molecule has 0 spiro atoms. The second-order valence-corrected chi connectivity index (χ2v) is 11.5. The van der Waals surface area contributed by atoms with Gasteiger partial charge in [-0.2, -0.15) is 0 Å². The van der Waals surface area contributed by atoms with Crippen LogP contribution in [0, 0.1) is 3.57 Å². The number of hydrogen-bond acceptors (Lipinski definition) is 6. The van der Waals surface area contributed by atoms with Gasteiger partial charge in [0.05, 0.1) is 20.8 Å². The predicted octanol–water partition coefficient (Wildman–Crippen LogP) is 8.05. The van der Waals surface area contributed by atoms with Crippen LogP contribution in [0.15, 0.2) is 70.5 Å². The van der Waals surface area contributed by atoms with Crippen LogP contribution in [0.3, 0.4) is 0 Å². The van der Waals surface area contributed by atoms with Crippen LogP contribution in [0.25, 0.3) is 6.08 Å². The maximum atomic E-state index is 13.2. The summed E-state index contributed by atoms with van der Waals surface area (Å²) < 4.78 is 13.4. The van der Waals surface area contributed by atoms with Gasteiger partial charge in [-0.15, -0.1) is 11.8 Å². The molecule has 1 aliphatic heterocycles. The van der Waals surface area contributed by atoms with Crippen molar-refractivity contribution in [2.75, 3.05) is 17.8 Å². The lowest BCUT2D eigenvalue weighted by Gasteiger charge is -2.16. The monoisotopic (exact) mass is 653 g/mol. The molecule has 3 aromatic carbocycles. The minimum absolute atomic E-state index is 0.134. The van der Waals surface area contributed by atoms with Gasteiger partial charge in [0.15, 0.2) is 15.8 Å². The molecule has 1 saturated heterocycles. The highest BCUT2D eigenvalue weighted by Crippen LogP contribution is 2.40. The van der Waals surface area contributed by atoms with E-state index >= 15 is 0 Å². The second kappa shape index (κ2) is 12.0. The molecule has 1 amide bonds. The number of ether oxygens (including phenoxy) is 2. The predicted molar refractivity (Wildman–Crippen MR) is 160 cm³/mol. The lowest BCUT2D eigenvalue weighted by atomic mass is 10.1. The Balaban J connectivity index is 1.61. The molecule has 9 heteroatoms. The molecule has 0 radical (unpaired) electrons. The second-order valence-electron chi connectivity index (χ2n) is 7.36. The number of amides is 1. The van der Waals surface area contributed by atoms with Crippen molar-refractivity contribution in [1.29, 1.82) is 0 Å². The highest BCUT2D eigenvalue weighted by molar-refractivity contribution is 14.1. The first-order valence-electron chi connectivity index (χ1n) is 10.7. The minimum atomic E-state index is -0.134. The van der Waals surface area contributed by atoms with Gasteiger partial charge in [0, 0.05) is 15.5 Å². The molecular weight excluding hydrogens is 633 g/mol. The molecule has 0 saturated carbocycles. The van der Waals surface area contributed by atoms with E-state index in [4.69, 9.17) is 33.3 Å². The number of thiocarbonyl (C=S) groups is 1. The Bertz CT molecular complexity index is 1310. The van der Waals surface area contributed by atoms with Gasteiger partial charge in [0.25, 0.3) is 5.91 Å². The van der Waals surface area contributed by atoms with Gasteiger partial charge in [-0.1, -0.05) is 59.8 Å². The van der Waals surface area contributed by atoms with Crippen LogP contribution in [0.5, 0.6) is 11.5 Å². The third-order valence-electron chi connectivity index (χ3n) is 5.06. The van der Waals surface area contributed by atoms with E-state index in [0.717, 1.165) is 25.3 Å². The topological polar surface area (TPSA) is 38.8 Å². The molecule has 0 aliphatic carbocycles. The Labute approximate surface area is 237 Å². The van der Waals surface area contributed by atoms with Crippen LogP contribution in [0.4, 0.5) is 5.69 Å². The fourth-order valence-corrected chi connectivity index (χ4v) is 6.15. The van der Waals surface area contributed by atoms with Gasteiger partial charge in [-0.05, 0) is 83.8 Å². The van der Waals surface area contributed by atoms with Crippen LogP contribution < -0.4 is 14.4 Å². The number of benzene rings is 3. The van der Waals surface area contributed by atoms with Gasteiger partial charge < -0.3 is 9.47 Å². The largest absolute Gasteiger partial charge is 0.490 e. The van der Waals surface area contributed by atoms with E-state index in [1.807, 2.05) is 79.9 Å². The van der Waals surface area contributed by atoms with Gasteiger partial charge in [-0.25, -0.2) is 0 Å². The first kappa shape index (κ1) is 26.3. The maximum absolute atomic E-state index is 13.2. The number of carbonyl (C=O) groups is 1. The summed E-state index contributed by atoms with van der Waals surface area (Å²) in [4.78, 5) is 16.5. The zero-order valence-electron chi connectivity index (χ0n) is 18.9. The van der Waals surface area contributed by atoms with E-state index in [0.29, 0.717) is 39.0 Å². The van der Waals surface area contributed by atoms with Crippen LogP contribution in [-0.2, 0) is 11.4 Å². The zero-order valence-corrected chi connectivity index (χ0v) is 24.3. The average Bonchev–Trinajstić information content (AvgIpc) is 3.12. The van der Waals surface area contributed by atoms with E-state index in [1.165, 1.54) is 11.8 Å². The van der Waals surface area contributed by atoms with E-state index in [2.05, 4.69) is 22.6 Å². The Morgan fingerprint density at radius 1 is 1.14 bits per heavy atom. The summed E-state index contributed by atoms with van der Waals surface area (Å²) >= 11 is 17.0. The SMILES string of the molecule is CCOc1cc(/C=C2/SC(=S)N(c3cccc(SC)c3)C2=O)cc(I)c1OCc1ccccc1Cl. The quantitative estimate of drug-likeness (QED) is 0.106. The molecule has 35 heavy (non-hydrogen) atoms. The summed E-state index contributed by atoms with van der Waals surface area (Å²) in [6, 6.07) is 19.2. The summed E-state index contributed by atoms with van der Waals surface area (Å²) in [6.45, 7) is 2.73. The molecule has 180 valence electrons. The molecule has 1 fully saturated rings. The fourth-order valence-electron chi connectivity index (χ4n) is 3.43. The zero-order chi connectivity index (χ0) is 24.9. The van der Waals surface area contributed by atoms with Crippen molar-refractivity contribution in [1.82, 2.24) is 0 Å². The van der Waals surface area contributed by atoms with Crippen molar-refractivity contribution >= 4 is 91.9 Å². The normalized spacial score (nSPS) is 14.6. The Morgan fingerprint density at radius 2 is 1.94 bits per heavy atom. The Hall–Kier alpha value is -1.72. The van der Waals surface area contributed by atoms with Crippen molar-refractivity contribution in [3.8, 4) is 11.5 Å². The van der Waals surface area contributed by atoms with E-state index < -0.39 is 0 Å². The smallest absolute Gasteiger partial charge is 0.270 e. The highest BCUT2D eigenvalue weighted by atomic mass is 127. The average molecular weight is 654 g/mol. The number of rotatable bonds is 8. The molecule has 0 bridgehead atoms. The summed E-state index contributed by atoms with van der Waals surface area (Å²) in [5.41, 5.74) is 2.50. The lowest BCUT2D eigenvalue weighted by molar-refractivity contribution is -0.113. The first-order valence-corrected chi connectivity index (χ1v) is 14.6. The summed E-state index contributed by atoms with van der Waals surface area (Å²) in [5, 5.41) is 0.655. The van der Waals surface area contributed by atoms with Gasteiger partial charge in [0.2, 0.25) is 0 Å². The number of nitrogens with zero attached hydrogens (tertiary/aromatic N) is 1. The molecule has 3 aromatic rings. The van der Waals surface area contributed by atoms with Crippen molar-refractivity contribution < 1.29 is 14.3 Å². The molecule has 1 heterocycles. The maximum Gasteiger partial charge on any atom is 0.270 e. The fraction of sp³-hybridized carbons (Fsp3) is 0.154. The number of carbonyl (C=O) groups excluding carboxylic acids is 1. The third kappa shape index (κ3) is 6.17. The highest BCUT2D eigenvalue weighted by Gasteiger charge is 2.33. The summed E-state index contributed by atoms with van der Waals surface area (Å²) in [7, 11) is 0. The van der Waals surface area contributed by atoms with Gasteiger partial charge in [-0.3, -0.25) is 9.69 Å². The van der Waals surface area contributed by atoms with Crippen LogP contribution in [0.1, 0.15) is 18.1 Å². The molecule has 1 aliphatic rings. The molecule has 4 rings (SSSR count). The Kier molecular flexibility index (Phi) is 9.04. The van der Waals surface area contributed by atoms with Crippen molar-refractivity contribution in [2.45, 2.75) is 18.4 Å². The molecule has 4 nitrogen and oxygen atoms in total. The molecule has 0 aromatic heterocycles. The van der Waals surface area contributed by atoms with Crippen LogP contribution >= 0.6 is 69.9 Å². The van der Waals surface area contributed by atoms with Gasteiger partial charge in [0.1, 0.15) is 6.61 Å². The van der Waals surface area contributed by atoms with Crippen LogP contribution in [0.2, 0.25) is 5.02 Å². The molecular formula is C26H21ClINO3S3. The summed E-state index contributed by atoms with van der Waals surface area (Å²) in [5.74, 6) is 1.12. The number of halogens is 2. The standard InChI is InChI=1S/C26H21ClINO3S3/c1-3-31-22-12-16(11-21(28)24(22)32-15-17-7-4-5-10-20(17)27)13-23-25(30)29(26(33)35-23)18-8-6-9-19(14-18)34-2/h4-14H,3,15H2,1-2H3/b23-13+. The number of anilines is 1. The number of hydrogen-bond donors (Lipinski definition) is 0. The van der Waals surface area contributed by atoms with Crippen molar-refractivity contribution in [3.05, 3.63) is 85.3 Å². The van der Waals surface area contributed by atoms with Gasteiger partial charge >= 0.3 is 0 Å². The summed E-state index contributed by atoms with van der Waals surface area (Å²) in [6.07, 6.45) is 3.85. The van der Waals surface area contributed by atoms with Crippen molar-refractivity contribution in [2.24, 2.45) is 0 Å². The number of thioether (sulfide) groups is 2.